The van der Waals surface area contributed by atoms with Gasteiger partial charge in [0.05, 0.1) is 17.9 Å². The third kappa shape index (κ3) is 4.94. The van der Waals surface area contributed by atoms with E-state index in [9.17, 15) is 13.6 Å². The Hall–Kier alpha value is -2.88. The van der Waals surface area contributed by atoms with Gasteiger partial charge in [0, 0.05) is 24.0 Å². The van der Waals surface area contributed by atoms with Crippen LogP contribution in [0.4, 0.5) is 14.5 Å². The van der Waals surface area contributed by atoms with Crippen LogP contribution in [0.3, 0.4) is 0 Å². The van der Waals surface area contributed by atoms with Crippen molar-refractivity contribution in [3.8, 4) is 0 Å². The van der Waals surface area contributed by atoms with E-state index in [-0.39, 0.29) is 17.3 Å². The molecule has 0 unspecified atom stereocenters. The Morgan fingerprint density at radius 3 is 2.57 bits per heavy atom. The lowest BCUT2D eigenvalue weighted by molar-refractivity contribution is 0.102. The number of amides is 1. The molecule has 3 aromatic rings. The average molecular weight is 486 g/mol. The summed E-state index contributed by atoms with van der Waals surface area (Å²) in [4.78, 5) is 17.9. The van der Waals surface area contributed by atoms with Crippen LogP contribution in [-0.2, 0) is 0 Å². The molecule has 0 spiro atoms. The number of rotatable bonds is 6. The van der Waals surface area contributed by atoms with Crippen molar-refractivity contribution in [3.05, 3.63) is 41.6 Å². The molecule has 0 aromatic carbocycles. The van der Waals surface area contributed by atoms with Crippen LogP contribution in [0.1, 0.15) is 92.5 Å². The normalized spacial score (nSPS) is 21.8. The molecule has 35 heavy (non-hydrogen) atoms. The molecule has 10 heteroatoms. The number of nitrogens with zero attached hydrogens (tertiary/aromatic N) is 5. The van der Waals surface area contributed by atoms with E-state index in [0.717, 1.165) is 57.3 Å². The third-order valence-corrected chi connectivity index (χ3v) is 7.67. The number of aromatic nitrogens is 5. The molecule has 4 heterocycles. The molecule has 2 aliphatic rings. The highest BCUT2D eigenvalue weighted by atomic mass is 19.3. The molecule has 0 atom stereocenters. The number of hydrogen-bond donors (Lipinski definition) is 2. The third-order valence-electron chi connectivity index (χ3n) is 7.67. The molecule has 0 radical (unpaired) electrons. The minimum absolute atomic E-state index is 0.0462. The molecule has 188 valence electrons. The van der Waals surface area contributed by atoms with Gasteiger partial charge in [0.15, 0.2) is 11.3 Å². The Bertz CT molecular complexity index is 1170. The van der Waals surface area contributed by atoms with E-state index in [4.69, 9.17) is 4.98 Å². The zero-order valence-corrected chi connectivity index (χ0v) is 20.3. The van der Waals surface area contributed by atoms with Gasteiger partial charge in [0.1, 0.15) is 5.56 Å². The quantitative estimate of drug-likeness (QED) is 0.515. The number of carbonyl (C=O) groups excluding carboxylic acids is 1. The second-order valence-corrected chi connectivity index (χ2v) is 10.2. The second-order valence-electron chi connectivity index (χ2n) is 10.2. The highest BCUT2D eigenvalue weighted by Gasteiger charge is 2.28. The maximum atomic E-state index is 13.8. The summed E-state index contributed by atoms with van der Waals surface area (Å²) in [6.45, 7) is 6.32. The van der Waals surface area contributed by atoms with Crippen LogP contribution in [0.5, 0.6) is 0 Å². The molecule has 3 aromatic heterocycles. The fraction of sp³-hybridized carbons (Fsp3) is 0.600. The molecule has 1 aliphatic heterocycles. The topological polar surface area (TPSA) is 89.1 Å². The first kappa shape index (κ1) is 23.8. The standard InChI is InChI=1S/C25H33F2N7O/c1-15(2)16-3-5-18(6-4-16)34-14-21(22(32-34)23(26)27)31-25(35)19-13-29-33-12-9-20(30-24(19)33)17-7-10-28-11-8-17/h9,12-18,23,28H,3-8,10-11H2,1-2H3,(H,31,35). The summed E-state index contributed by atoms with van der Waals surface area (Å²) in [6.07, 6.45) is 7.88. The lowest BCUT2D eigenvalue weighted by Crippen LogP contribution is -2.27. The van der Waals surface area contributed by atoms with Crippen LogP contribution in [0, 0.1) is 11.8 Å². The molecule has 2 N–H and O–H groups in total. The van der Waals surface area contributed by atoms with Gasteiger partial charge in [-0.25, -0.2) is 18.3 Å². The predicted octanol–water partition coefficient (Wildman–Crippen LogP) is 4.97. The highest BCUT2D eigenvalue weighted by molar-refractivity contribution is 6.08. The van der Waals surface area contributed by atoms with Crippen molar-refractivity contribution in [2.45, 2.75) is 70.8 Å². The van der Waals surface area contributed by atoms with Gasteiger partial charge in [-0.15, -0.1) is 0 Å². The van der Waals surface area contributed by atoms with E-state index in [1.165, 1.54) is 6.20 Å². The zero-order chi connectivity index (χ0) is 24.5. The lowest BCUT2D eigenvalue weighted by Gasteiger charge is -2.30. The zero-order valence-electron chi connectivity index (χ0n) is 20.3. The maximum absolute atomic E-state index is 13.8. The number of piperidine rings is 1. The van der Waals surface area contributed by atoms with Gasteiger partial charge in [0.25, 0.3) is 12.3 Å². The van der Waals surface area contributed by atoms with Crippen LogP contribution in [0.25, 0.3) is 5.65 Å². The Labute approximate surface area is 203 Å². The summed E-state index contributed by atoms with van der Waals surface area (Å²) in [5, 5.41) is 14.4. The van der Waals surface area contributed by atoms with Crippen molar-refractivity contribution in [2.24, 2.45) is 11.8 Å². The molecule has 0 bridgehead atoms. The molecule has 1 saturated carbocycles. The molecular weight excluding hydrogens is 452 g/mol. The summed E-state index contributed by atoms with van der Waals surface area (Å²) < 4.78 is 30.8. The molecule has 1 amide bonds. The molecule has 2 fully saturated rings. The van der Waals surface area contributed by atoms with Crippen molar-refractivity contribution in [1.82, 2.24) is 29.7 Å². The fourth-order valence-electron chi connectivity index (χ4n) is 5.46. The summed E-state index contributed by atoms with van der Waals surface area (Å²) in [6, 6.07) is 2.00. The Morgan fingerprint density at radius 2 is 1.89 bits per heavy atom. The first-order valence-electron chi connectivity index (χ1n) is 12.6. The van der Waals surface area contributed by atoms with Crippen molar-refractivity contribution < 1.29 is 13.6 Å². The van der Waals surface area contributed by atoms with E-state index in [2.05, 4.69) is 34.7 Å². The van der Waals surface area contributed by atoms with Gasteiger partial charge < -0.3 is 10.6 Å². The maximum Gasteiger partial charge on any atom is 0.284 e. The van der Waals surface area contributed by atoms with Gasteiger partial charge in [-0.1, -0.05) is 13.8 Å². The summed E-state index contributed by atoms with van der Waals surface area (Å²) >= 11 is 0. The largest absolute Gasteiger partial charge is 0.319 e. The first-order chi connectivity index (χ1) is 16.9. The SMILES string of the molecule is CC(C)C1CCC(n2cc(NC(=O)c3cnn4ccc(C5CCNCC5)nc34)c(C(F)F)n2)CC1. The molecule has 1 aliphatic carbocycles. The number of nitrogens with one attached hydrogen (secondary N) is 2. The van der Waals surface area contributed by atoms with E-state index in [0.29, 0.717) is 23.4 Å². The van der Waals surface area contributed by atoms with Crippen molar-refractivity contribution >= 4 is 17.2 Å². The summed E-state index contributed by atoms with van der Waals surface area (Å²) in [5.41, 5.74) is 1.25. The van der Waals surface area contributed by atoms with Gasteiger partial charge in [-0.3, -0.25) is 9.48 Å². The molecule has 5 rings (SSSR count). The number of halogens is 2. The minimum Gasteiger partial charge on any atom is -0.319 e. The predicted molar refractivity (Wildman–Crippen MR) is 129 cm³/mol. The number of hydrogen-bond acceptors (Lipinski definition) is 5. The smallest absolute Gasteiger partial charge is 0.284 e. The van der Waals surface area contributed by atoms with E-state index < -0.39 is 18.0 Å². The number of carbonyl (C=O) groups is 1. The van der Waals surface area contributed by atoms with Crippen LogP contribution < -0.4 is 10.6 Å². The number of alkyl halides is 2. The van der Waals surface area contributed by atoms with Crippen molar-refractivity contribution in [3.63, 3.8) is 0 Å². The van der Waals surface area contributed by atoms with Gasteiger partial charge in [-0.2, -0.15) is 10.2 Å². The van der Waals surface area contributed by atoms with Crippen LogP contribution in [-0.4, -0.2) is 43.4 Å². The Kier molecular flexibility index (Phi) is 6.82. The van der Waals surface area contributed by atoms with Crippen LogP contribution in [0.15, 0.2) is 24.7 Å². The number of fused-ring (bicyclic) bond motifs is 1. The Morgan fingerprint density at radius 1 is 1.14 bits per heavy atom. The van der Waals surface area contributed by atoms with Crippen LogP contribution >= 0.6 is 0 Å². The highest BCUT2D eigenvalue weighted by Crippen LogP contribution is 2.37. The summed E-state index contributed by atoms with van der Waals surface area (Å²) in [5.74, 6) is 1.09. The van der Waals surface area contributed by atoms with E-state index >= 15 is 0 Å². The Balaban J connectivity index is 1.36. The summed E-state index contributed by atoms with van der Waals surface area (Å²) in [7, 11) is 0. The monoisotopic (exact) mass is 485 g/mol. The van der Waals surface area contributed by atoms with Gasteiger partial charge in [0.2, 0.25) is 0 Å². The average Bonchev–Trinajstić information content (AvgIpc) is 3.49. The van der Waals surface area contributed by atoms with Crippen molar-refractivity contribution in [2.75, 3.05) is 18.4 Å². The van der Waals surface area contributed by atoms with Gasteiger partial charge >= 0.3 is 0 Å². The van der Waals surface area contributed by atoms with E-state index in [1.54, 1.807) is 21.6 Å². The van der Waals surface area contributed by atoms with Crippen LogP contribution in [0.2, 0.25) is 0 Å². The molecular formula is C25H33F2N7O. The number of anilines is 1. The molecule has 1 saturated heterocycles. The van der Waals surface area contributed by atoms with E-state index in [1.807, 2.05) is 6.07 Å². The molecule has 8 nitrogen and oxygen atoms in total. The lowest BCUT2D eigenvalue weighted by atomic mass is 9.80. The van der Waals surface area contributed by atoms with Crippen molar-refractivity contribution in [1.29, 1.82) is 0 Å². The second kappa shape index (κ2) is 10.0. The first-order valence-corrected chi connectivity index (χ1v) is 12.6. The fourth-order valence-corrected chi connectivity index (χ4v) is 5.46. The minimum atomic E-state index is -2.79. The van der Waals surface area contributed by atoms with Gasteiger partial charge in [-0.05, 0) is 69.5 Å².